The minimum atomic E-state index is 0.388. The minimum absolute atomic E-state index is 0.388. The number of rotatable bonds is 4. The zero-order valence-corrected chi connectivity index (χ0v) is 10.9. The summed E-state index contributed by atoms with van der Waals surface area (Å²) in [6.45, 7) is 0.388. The van der Waals surface area contributed by atoms with Crippen LogP contribution in [0.15, 0.2) is 10.8 Å². The molecule has 90 valence electrons. The Morgan fingerprint density at radius 3 is 2.88 bits per heavy atom. The fraction of sp³-hybridized carbons (Fsp3) is 0.333. The minimum Gasteiger partial charge on any atom is -0.378 e. The predicted molar refractivity (Wildman–Crippen MR) is 65.4 cm³/mol. The molecule has 0 aromatic carbocycles. The van der Waals surface area contributed by atoms with Crippen LogP contribution in [-0.2, 0) is 11.3 Å². The summed E-state index contributed by atoms with van der Waals surface area (Å²) < 4.78 is 5.87. The van der Waals surface area contributed by atoms with Gasteiger partial charge in [-0.25, -0.2) is 15.0 Å². The van der Waals surface area contributed by atoms with Crippen LogP contribution >= 0.6 is 15.9 Å². The van der Waals surface area contributed by atoms with Gasteiger partial charge in [0.25, 0.3) is 0 Å². The van der Waals surface area contributed by atoms with E-state index in [0.29, 0.717) is 24.1 Å². The molecule has 2 aromatic rings. The first-order valence-corrected chi connectivity index (χ1v) is 5.64. The highest BCUT2D eigenvalue weighted by atomic mass is 79.9. The molecule has 0 radical (unpaired) electrons. The van der Waals surface area contributed by atoms with Crippen LogP contribution in [0.2, 0.25) is 0 Å². The van der Waals surface area contributed by atoms with Gasteiger partial charge in [0.15, 0.2) is 11.6 Å². The molecule has 8 heteroatoms. The Morgan fingerprint density at radius 2 is 2.29 bits per heavy atom. The molecular weight excluding hydrogens is 288 g/mol. The van der Waals surface area contributed by atoms with E-state index in [-0.39, 0.29) is 0 Å². The summed E-state index contributed by atoms with van der Waals surface area (Å²) in [5.41, 5.74) is 0.748. The molecule has 2 aromatic heterocycles. The summed E-state index contributed by atoms with van der Waals surface area (Å²) in [5.74, 6) is 1.67. The van der Waals surface area contributed by atoms with Crippen molar-refractivity contribution in [2.75, 3.05) is 19.5 Å². The summed E-state index contributed by atoms with van der Waals surface area (Å²) in [6.07, 6.45) is 1.41. The van der Waals surface area contributed by atoms with E-state index >= 15 is 0 Å². The van der Waals surface area contributed by atoms with E-state index in [1.165, 1.54) is 6.33 Å². The molecule has 2 N–H and O–H groups in total. The molecule has 0 aliphatic rings. The van der Waals surface area contributed by atoms with Crippen molar-refractivity contribution in [3.8, 4) is 11.6 Å². The van der Waals surface area contributed by atoms with Crippen LogP contribution in [0.1, 0.15) is 5.69 Å². The van der Waals surface area contributed by atoms with E-state index in [1.807, 2.05) is 0 Å². The van der Waals surface area contributed by atoms with Crippen molar-refractivity contribution in [1.29, 1.82) is 0 Å². The monoisotopic (exact) mass is 298 g/mol. The van der Waals surface area contributed by atoms with Crippen LogP contribution in [-0.4, -0.2) is 39.3 Å². The van der Waals surface area contributed by atoms with E-state index < -0.39 is 0 Å². The highest BCUT2D eigenvalue weighted by Crippen LogP contribution is 2.26. The Morgan fingerprint density at radius 1 is 1.47 bits per heavy atom. The largest absolute Gasteiger partial charge is 0.378 e. The molecule has 0 bridgehead atoms. The number of ether oxygens (including phenoxy) is 1. The molecule has 0 saturated carbocycles. The lowest BCUT2D eigenvalue weighted by atomic mass is 10.4. The molecule has 0 fully saturated rings. The van der Waals surface area contributed by atoms with Crippen molar-refractivity contribution in [3.05, 3.63) is 16.5 Å². The maximum absolute atomic E-state index is 5.09. The Labute approximate surface area is 106 Å². The molecule has 7 nitrogen and oxygen atoms in total. The quantitative estimate of drug-likeness (QED) is 0.882. The SMILES string of the molecule is CNc1nc(-c2ncn[nH]2)nc(COC)c1Br. The number of aromatic nitrogens is 5. The van der Waals surface area contributed by atoms with Gasteiger partial charge in [0.2, 0.25) is 0 Å². The molecule has 0 aliphatic heterocycles. The van der Waals surface area contributed by atoms with E-state index in [4.69, 9.17) is 4.74 Å². The first-order chi connectivity index (χ1) is 8.26. The molecule has 0 atom stereocenters. The van der Waals surface area contributed by atoms with Crippen LogP contribution in [0.25, 0.3) is 11.6 Å². The smallest absolute Gasteiger partial charge is 0.199 e. The highest BCUT2D eigenvalue weighted by molar-refractivity contribution is 9.10. The summed E-state index contributed by atoms with van der Waals surface area (Å²) in [6, 6.07) is 0. The third-order valence-electron chi connectivity index (χ3n) is 2.06. The molecule has 0 unspecified atom stereocenters. The average molecular weight is 299 g/mol. The number of anilines is 1. The standard InChI is InChI=1S/C9H11BrN6O/c1-11-7-6(10)5(3-17-2)14-9(15-7)8-12-4-13-16-8/h4H,3H2,1-2H3,(H,11,14,15)(H,12,13,16). The Hall–Kier alpha value is -1.54. The van der Waals surface area contributed by atoms with Gasteiger partial charge >= 0.3 is 0 Å². The van der Waals surface area contributed by atoms with Crippen LogP contribution in [0, 0.1) is 0 Å². The van der Waals surface area contributed by atoms with E-state index in [0.717, 1.165) is 10.2 Å². The predicted octanol–water partition coefficient (Wildman–Crippen LogP) is 1.21. The molecule has 2 heterocycles. The second-order valence-corrected chi connectivity index (χ2v) is 3.97. The van der Waals surface area contributed by atoms with Gasteiger partial charge < -0.3 is 10.1 Å². The van der Waals surface area contributed by atoms with Crippen molar-refractivity contribution in [2.24, 2.45) is 0 Å². The van der Waals surface area contributed by atoms with Gasteiger partial charge in [-0.1, -0.05) is 0 Å². The zero-order chi connectivity index (χ0) is 12.3. The number of aromatic amines is 1. The van der Waals surface area contributed by atoms with E-state index in [2.05, 4.69) is 46.4 Å². The number of methoxy groups -OCH3 is 1. The van der Waals surface area contributed by atoms with Gasteiger partial charge in [0.05, 0.1) is 16.8 Å². The van der Waals surface area contributed by atoms with Gasteiger partial charge in [0, 0.05) is 14.2 Å². The normalized spacial score (nSPS) is 10.5. The summed E-state index contributed by atoms with van der Waals surface area (Å²) >= 11 is 3.43. The Balaban J connectivity index is 2.50. The van der Waals surface area contributed by atoms with Crippen LogP contribution < -0.4 is 5.32 Å². The van der Waals surface area contributed by atoms with Gasteiger partial charge in [-0.3, -0.25) is 5.10 Å². The van der Waals surface area contributed by atoms with Gasteiger partial charge in [-0.15, -0.1) is 0 Å². The lowest BCUT2D eigenvalue weighted by Gasteiger charge is -2.09. The van der Waals surface area contributed by atoms with Crippen LogP contribution in [0.3, 0.4) is 0 Å². The third-order valence-corrected chi connectivity index (χ3v) is 2.90. The zero-order valence-electron chi connectivity index (χ0n) is 9.36. The van der Waals surface area contributed by atoms with Gasteiger partial charge in [-0.05, 0) is 15.9 Å². The number of halogens is 1. The topological polar surface area (TPSA) is 88.6 Å². The molecule has 17 heavy (non-hydrogen) atoms. The number of H-pyrrole nitrogens is 1. The first-order valence-electron chi connectivity index (χ1n) is 4.85. The van der Waals surface area contributed by atoms with Crippen LogP contribution in [0.5, 0.6) is 0 Å². The Kier molecular flexibility index (Phi) is 3.64. The van der Waals surface area contributed by atoms with E-state index in [1.54, 1.807) is 14.2 Å². The fourth-order valence-electron chi connectivity index (χ4n) is 1.31. The lowest BCUT2D eigenvalue weighted by Crippen LogP contribution is -2.04. The summed E-state index contributed by atoms with van der Waals surface area (Å²) in [7, 11) is 3.40. The molecule has 0 spiro atoms. The average Bonchev–Trinajstić information content (AvgIpc) is 2.85. The van der Waals surface area contributed by atoms with Crippen LogP contribution in [0.4, 0.5) is 5.82 Å². The maximum Gasteiger partial charge on any atom is 0.199 e. The summed E-state index contributed by atoms with van der Waals surface area (Å²) in [5, 5.41) is 9.48. The number of hydrogen-bond acceptors (Lipinski definition) is 6. The Bertz CT molecular complexity index is 500. The number of nitrogens with one attached hydrogen (secondary N) is 2. The fourth-order valence-corrected chi connectivity index (χ4v) is 1.80. The van der Waals surface area contributed by atoms with Crippen molar-refractivity contribution in [3.63, 3.8) is 0 Å². The molecular formula is C9H11BrN6O. The van der Waals surface area contributed by atoms with Gasteiger partial charge in [0.1, 0.15) is 12.1 Å². The van der Waals surface area contributed by atoms with E-state index in [9.17, 15) is 0 Å². The van der Waals surface area contributed by atoms with Gasteiger partial charge in [-0.2, -0.15) is 5.10 Å². The molecule has 0 saturated heterocycles. The van der Waals surface area contributed by atoms with Crippen molar-refractivity contribution < 1.29 is 4.74 Å². The van der Waals surface area contributed by atoms with Crippen molar-refractivity contribution in [1.82, 2.24) is 25.1 Å². The molecule has 2 rings (SSSR count). The third kappa shape index (κ3) is 2.42. The summed E-state index contributed by atoms with van der Waals surface area (Å²) in [4.78, 5) is 12.7. The second-order valence-electron chi connectivity index (χ2n) is 3.17. The maximum atomic E-state index is 5.09. The van der Waals surface area contributed by atoms with Crippen molar-refractivity contribution >= 4 is 21.7 Å². The molecule has 0 aliphatic carbocycles. The first kappa shape index (κ1) is 11.9. The second kappa shape index (κ2) is 5.19. The molecule has 0 amide bonds. The number of nitrogens with zero attached hydrogens (tertiary/aromatic N) is 4. The highest BCUT2D eigenvalue weighted by Gasteiger charge is 2.13. The number of hydrogen-bond donors (Lipinski definition) is 2. The lowest BCUT2D eigenvalue weighted by molar-refractivity contribution is 0.181. The van der Waals surface area contributed by atoms with Crippen molar-refractivity contribution in [2.45, 2.75) is 6.61 Å².